The van der Waals surface area contributed by atoms with Crippen molar-refractivity contribution in [3.05, 3.63) is 6.92 Å². The number of unbranched alkanes of at least 4 members (excludes halogenated alkanes) is 15. The number of aliphatic carboxylic acids is 2. The number of hydrogen-bond acceptors (Lipinski definition) is 3. The van der Waals surface area contributed by atoms with Crippen LogP contribution in [0.15, 0.2) is 0 Å². The van der Waals surface area contributed by atoms with E-state index in [9.17, 15) is 9.59 Å². The summed E-state index contributed by atoms with van der Waals surface area (Å²) >= 11 is 0. The van der Waals surface area contributed by atoms with Crippen molar-refractivity contribution in [1.29, 1.82) is 0 Å². The van der Waals surface area contributed by atoms with Gasteiger partial charge in [-0.15, -0.1) is 0 Å². The summed E-state index contributed by atoms with van der Waals surface area (Å²) in [6, 6.07) is -1.06. The average molecular weight is 440 g/mol. The number of carbonyl (C=O) groups is 2. The van der Waals surface area contributed by atoms with E-state index in [1.54, 1.807) is 0 Å². The molecule has 0 saturated heterocycles. The maximum absolute atomic E-state index is 9.99. The molecule has 0 aromatic carbocycles. The van der Waals surface area contributed by atoms with Crippen LogP contribution >= 0.6 is 0 Å². The Labute approximate surface area is 222 Å². The molecule has 4 N–H and O–H groups in total. The molecule has 0 bridgehead atoms. The monoisotopic (exact) mass is 439 g/mol. The fourth-order valence-electron chi connectivity index (χ4n) is 2.95. The summed E-state index contributed by atoms with van der Waals surface area (Å²) < 4.78 is 0. The molecular weight excluding hydrogens is 393 g/mol. The number of carboxylic acids is 2. The summed E-state index contributed by atoms with van der Waals surface area (Å²) in [7, 11) is 0. The summed E-state index contributed by atoms with van der Waals surface area (Å²) in [5, 5.41) is 16.3. The van der Waals surface area contributed by atoms with Gasteiger partial charge in [-0.05, 0) is 6.42 Å². The minimum Gasteiger partial charge on any atom is -0.481 e. The average Bonchev–Trinajstić information content (AvgIpc) is 2.66. The molecule has 1 unspecified atom stereocenters. The molecule has 0 aliphatic rings. The van der Waals surface area contributed by atoms with E-state index in [2.05, 4.69) is 13.8 Å². The second-order valence-electron chi connectivity index (χ2n) is 7.68. The van der Waals surface area contributed by atoms with Gasteiger partial charge in [-0.3, -0.25) is 9.59 Å². The zero-order valence-corrected chi connectivity index (χ0v) is 22.4. The smallest absolute Gasteiger partial charge is 0.481 e. The molecule has 0 aliphatic heterocycles. The summed E-state index contributed by atoms with van der Waals surface area (Å²) in [4.78, 5) is 19.9. The van der Waals surface area contributed by atoms with Gasteiger partial charge in [0, 0.05) is 6.42 Å². The number of hydrogen-bond donors (Lipinski definition) is 3. The molecule has 29 heavy (non-hydrogen) atoms. The van der Waals surface area contributed by atoms with Crippen LogP contribution in [0.2, 0.25) is 0 Å². The van der Waals surface area contributed by atoms with Gasteiger partial charge in [0.2, 0.25) is 0 Å². The van der Waals surface area contributed by atoms with Crippen molar-refractivity contribution in [2.45, 2.75) is 129 Å². The number of carboxylic acid groups (broad SMARTS) is 2. The molecule has 0 heterocycles. The molecule has 5 nitrogen and oxygen atoms in total. The standard InChI is InChI=1S/C18H37.C5H9NO4.K/c1-3-5-7-9-11-13-15-17-18-16-14-12-10-8-6-4-2;6-3(5(9)10)1-2-4(7)8;/h1,3-18H2,2H3;3H,1-2,6H2,(H,7,8)(H,9,10);/q-1;;+1. The molecule has 0 saturated carbocycles. The van der Waals surface area contributed by atoms with Crippen LogP contribution in [-0.2, 0) is 9.59 Å². The van der Waals surface area contributed by atoms with Crippen LogP contribution in [0.5, 0.6) is 0 Å². The fourth-order valence-corrected chi connectivity index (χ4v) is 2.95. The minimum atomic E-state index is -1.17. The third kappa shape index (κ3) is 33.4. The van der Waals surface area contributed by atoms with Crippen LogP contribution in [0.1, 0.15) is 122 Å². The molecule has 0 spiro atoms. The van der Waals surface area contributed by atoms with Gasteiger partial charge in [0.05, 0.1) is 0 Å². The van der Waals surface area contributed by atoms with Gasteiger partial charge in [-0.1, -0.05) is 103 Å². The first-order valence-corrected chi connectivity index (χ1v) is 11.4. The summed E-state index contributed by atoms with van der Waals surface area (Å²) in [5.41, 5.74) is 5.00. The largest absolute Gasteiger partial charge is 1.00 e. The molecular formula is C23H46KNO4. The van der Waals surface area contributed by atoms with Gasteiger partial charge in [0.15, 0.2) is 0 Å². The Balaban J connectivity index is -0.000000525. The molecule has 0 radical (unpaired) electrons. The van der Waals surface area contributed by atoms with Gasteiger partial charge in [0.25, 0.3) is 0 Å². The predicted molar refractivity (Wildman–Crippen MR) is 117 cm³/mol. The van der Waals surface area contributed by atoms with Crippen molar-refractivity contribution in [3.63, 3.8) is 0 Å². The number of nitrogens with two attached hydrogens (primary N) is 1. The molecule has 6 heteroatoms. The van der Waals surface area contributed by atoms with Crippen LogP contribution in [0.25, 0.3) is 0 Å². The van der Waals surface area contributed by atoms with Crippen LogP contribution in [0, 0.1) is 6.92 Å². The van der Waals surface area contributed by atoms with Gasteiger partial charge in [-0.25, -0.2) is 0 Å². The maximum atomic E-state index is 9.99. The van der Waals surface area contributed by atoms with Crippen molar-refractivity contribution in [2.75, 3.05) is 0 Å². The quantitative estimate of drug-likeness (QED) is 0.163. The molecule has 0 aromatic heterocycles. The molecule has 0 rings (SSSR count). The third-order valence-corrected chi connectivity index (χ3v) is 4.84. The Hall–Kier alpha value is 0.536. The summed E-state index contributed by atoms with van der Waals surface area (Å²) in [6.45, 7) is 6.18. The van der Waals surface area contributed by atoms with E-state index < -0.39 is 18.0 Å². The van der Waals surface area contributed by atoms with Crippen molar-refractivity contribution in [3.8, 4) is 0 Å². The summed E-state index contributed by atoms with van der Waals surface area (Å²) in [5.74, 6) is -2.20. The zero-order valence-electron chi connectivity index (χ0n) is 19.3. The Morgan fingerprint density at radius 2 is 1.10 bits per heavy atom. The Morgan fingerprint density at radius 3 is 1.38 bits per heavy atom. The summed E-state index contributed by atoms with van der Waals surface area (Å²) in [6.07, 6.45) is 22.6. The second-order valence-corrected chi connectivity index (χ2v) is 7.68. The van der Waals surface area contributed by atoms with Crippen LogP contribution in [-0.4, -0.2) is 28.2 Å². The van der Waals surface area contributed by atoms with Crippen molar-refractivity contribution >= 4 is 11.9 Å². The van der Waals surface area contributed by atoms with Crippen LogP contribution in [0.3, 0.4) is 0 Å². The minimum absolute atomic E-state index is 0. The number of rotatable bonds is 19. The Kier molecular flexibility index (Phi) is 33.6. The van der Waals surface area contributed by atoms with Gasteiger partial charge >= 0.3 is 63.3 Å². The van der Waals surface area contributed by atoms with Crippen LogP contribution in [0.4, 0.5) is 0 Å². The second kappa shape index (κ2) is 28.5. The SMILES string of the molecule is NC(CCC(=O)O)C(=O)O.[CH2-]CCCCCCCCCCCCCCCCC.[K+]. The van der Waals surface area contributed by atoms with Crippen molar-refractivity contribution < 1.29 is 71.2 Å². The normalized spacial score (nSPS) is 11.1. The molecule has 168 valence electrons. The molecule has 0 amide bonds. The van der Waals surface area contributed by atoms with E-state index >= 15 is 0 Å². The topological polar surface area (TPSA) is 101 Å². The molecule has 0 aromatic rings. The van der Waals surface area contributed by atoms with E-state index in [4.69, 9.17) is 15.9 Å². The fraction of sp³-hybridized carbons (Fsp3) is 0.870. The first kappa shape index (κ1) is 34.2. The Morgan fingerprint density at radius 1 is 0.759 bits per heavy atom. The van der Waals surface area contributed by atoms with E-state index in [-0.39, 0.29) is 64.2 Å². The maximum Gasteiger partial charge on any atom is 1.00 e. The first-order valence-electron chi connectivity index (χ1n) is 11.4. The van der Waals surface area contributed by atoms with E-state index in [1.165, 1.54) is 96.3 Å². The molecule has 1 atom stereocenters. The van der Waals surface area contributed by atoms with Gasteiger partial charge in [-0.2, -0.15) is 6.42 Å². The van der Waals surface area contributed by atoms with Crippen molar-refractivity contribution in [1.82, 2.24) is 0 Å². The molecule has 0 aliphatic carbocycles. The van der Waals surface area contributed by atoms with Crippen LogP contribution < -0.4 is 57.1 Å². The van der Waals surface area contributed by atoms with E-state index in [0.717, 1.165) is 6.42 Å². The van der Waals surface area contributed by atoms with Crippen molar-refractivity contribution in [2.24, 2.45) is 5.73 Å². The zero-order chi connectivity index (χ0) is 21.5. The first-order chi connectivity index (χ1) is 13.5. The van der Waals surface area contributed by atoms with E-state index in [0.29, 0.717) is 0 Å². The Bertz CT molecular complexity index is 338. The molecule has 0 fully saturated rings. The van der Waals surface area contributed by atoms with Gasteiger partial charge < -0.3 is 22.9 Å². The third-order valence-electron chi connectivity index (χ3n) is 4.84. The van der Waals surface area contributed by atoms with E-state index in [1.807, 2.05) is 0 Å². The van der Waals surface area contributed by atoms with Gasteiger partial charge in [0.1, 0.15) is 6.04 Å². The predicted octanol–water partition coefficient (Wildman–Crippen LogP) is 3.35.